The Morgan fingerprint density at radius 2 is 1.75 bits per heavy atom. The maximum absolute atomic E-state index is 12.9. The number of piperazine rings is 1. The molecule has 3 aromatic heterocycles. The van der Waals surface area contributed by atoms with Crippen molar-refractivity contribution in [1.82, 2.24) is 24.2 Å². The highest BCUT2D eigenvalue weighted by Gasteiger charge is 2.23. The third-order valence-electron chi connectivity index (χ3n) is 5.36. The number of hydrogen-bond donors (Lipinski definition) is 0. The van der Waals surface area contributed by atoms with E-state index < -0.39 is 0 Å². The molecular formula is C22H21N5O. The Labute approximate surface area is 163 Å². The summed E-state index contributed by atoms with van der Waals surface area (Å²) in [6, 6.07) is 17.7. The Morgan fingerprint density at radius 1 is 0.929 bits per heavy atom. The number of hydrogen-bond acceptors (Lipinski definition) is 4. The lowest BCUT2D eigenvalue weighted by atomic mass is 10.2. The van der Waals surface area contributed by atoms with Gasteiger partial charge in [-0.2, -0.15) is 0 Å². The van der Waals surface area contributed by atoms with Gasteiger partial charge in [-0.3, -0.25) is 9.69 Å². The molecule has 1 aliphatic rings. The molecular weight excluding hydrogens is 350 g/mol. The van der Waals surface area contributed by atoms with Crippen molar-refractivity contribution in [2.24, 2.45) is 0 Å². The number of rotatable bonds is 3. The zero-order valence-electron chi connectivity index (χ0n) is 15.5. The zero-order valence-corrected chi connectivity index (χ0v) is 15.5. The number of carbonyl (C=O) groups excluding carboxylic acids is 1. The first-order valence-corrected chi connectivity index (χ1v) is 9.56. The molecule has 140 valence electrons. The van der Waals surface area contributed by atoms with Gasteiger partial charge in [0.1, 0.15) is 11.3 Å². The predicted octanol–water partition coefficient (Wildman–Crippen LogP) is 2.84. The second-order valence-corrected chi connectivity index (χ2v) is 7.14. The first-order chi connectivity index (χ1) is 13.8. The maximum atomic E-state index is 12.9. The van der Waals surface area contributed by atoms with Crippen LogP contribution in [0.3, 0.4) is 0 Å². The highest BCUT2D eigenvalue weighted by atomic mass is 16.2. The molecule has 0 radical (unpaired) electrons. The molecule has 5 rings (SSSR count). The number of nitrogens with zero attached hydrogens (tertiary/aromatic N) is 5. The maximum Gasteiger partial charge on any atom is 0.272 e. The zero-order chi connectivity index (χ0) is 18.9. The molecule has 1 fully saturated rings. The van der Waals surface area contributed by atoms with Crippen LogP contribution in [-0.4, -0.2) is 56.3 Å². The van der Waals surface area contributed by atoms with E-state index in [1.54, 1.807) is 0 Å². The molecule has 0 aliphatic carbocycles. The van der Waals surface area contributed by atoms with Crippen LogP contribution in [-0.2, 0) is 6.54 Å². The van der Waals surface area contributed by atoms with Crippen LogP contribution < -0.4 is 0 Å². The normalized spacial score (nSPS) is 15.4. The topological polar surface area (TPSA) is 53.7 Å². The van der Waals surface area contributed by atoms with Crippen LogP contribution in [0.1, 0.15) is 16.2 Å². The van der Waals surface area contributed by atoms with Crippen LogP contribution in [0.15, 0.2) is 67.0 Å². The quantitative estimate of drug-likeness (QED) is 0.556. The van der Waals surface area contributed by atoms with Gasteiger partial charge in [0.15, 0.2) is 0 Å². The molecule has 0 N–H and O–H groups in total. The molecule has 0 atom stereocenters. The van der Waals surface area contributed by atoms with Gasteiger partial charge < -0.3 is 9.30 Å². The van der Waals surface area contributed by atoms with E-state index in [9.17, 15) is 4.79 Å². The van der Waals surface area contributed by atoms with Crippen molar-refractivity contribution < 1.29 is 4.79 Å². The van der Waals surface area contributed by atoms with Gasteiger partial charge in [-0.15, -0.1) is 0 Å². The van der Waals surface area contributed by atoms with Gasteiger partial charge in [0, 0.05) is 44.3 Å². The van der Waals surface area contributed by atoms with Crippen molar-refractivity contribution in [3.63, 3.8) is 0 Å². The van der Waals surface area contributed by atoms with Crippen molar-refractivity contribution in [3.8, 4) is 0 Å². The largest absolute Gasteiger partial charge is 0.335 e. The number of pyridine rings is 2. The molecule has 0 saturated carbocycles. The monoisotopic (exact) mass is 371 g/mol. The molecule has 4 heterocycles. The number of benzene rings is 1. The first kappa shape index (κ1) is 16.9. The molecule has 1 aromatic carbocycles. The molecule has 28 heavy (non-hydrogen) atoms. The minimum atomic E-state index is 0.0141. The van der Waals surface area contributed by atoms with E-state index >= 15 is 0 Å². The molecule has 1 saturated heterocycles. The van der Waals surface area contributed by atoms with Crippen molar-refractivity contribution in [2.75, 3.05) is 26.2 Å². The van der Waals surface area contributed by atoms with Crippen molar-refractivity contribution in [1.29, 1.82) is 0 Å². The summed E-state index contributed by atoms with van der Waals surface area (Å²) in [6.45, 7) is 3.95. The van der Waals surface area contributed by atoms with E-state index in [0.717, 1.165) is 36.2 Å². The fourth-order valence-electron chi connectivity index (χ4n) is 3.79. The number of para-hydroxylation sites is 1. The Hall–Kier alpha value is -3.25. The summed E-state index contributed by atoms with van der Waals surface area (Å²) in [7, 11) is 0. The Kier molecular flexibility index (Phi) is 4.25. The summed E-state index contributed by atoms with van der Waals surface area (Å²) in [5.74, 6) is 0.0141. The Morgan fingerprint density at radius 3 is 2.64 bits per heavy atom. The first-order valence-electron chi connectivity index (χ1n) is 9.56. The molecule has 1 aliphatic heterocycles. The highest BCUT2D eigenvalue weighted by molar-refractivity contribution is 5.95. The molecule has 0 unspecified atom stereocenters. The molecule has 0 bridgehead atoms. The minimum absolute atomic E-state index is 0.0141. The van der Waals surface area contributed by atoms with Crippen molar-refractivity contribution in [3.05, 3.63) is 78.4 Å². The van der Waals surface area contributed by atoms with Gasteiger partial charge in [0.25, 0.3) is 5.91 Å². The summed E-state index contributed by atoms with van der Waals surface area (Å²) in [5, 5.41) is 1.05. The number of carbonyl (C=O) groups is 1. The van der Waals surface area contributed by atoms with Gasteiger partial charge in [0.2, 0.25) is 0 Å². The number of imidazole rings is 1. The molecule has 4 aromatic rings. The molecule has 6 nitrogen and oxygen atoms in total. The molecule has 6 heteroatoms. The van der Waals surface area contributed by atoms with Crippen LogP contribution in [0, 0.1) is 0 Å². The number of aromatic nitrogens is 3. The van der Waals surface area contributed by atoms with Crippen LogP contribution in [0.4, 0.5) is 0 Å². The summed E-state index contributed by atoms with van der Waals surface area (Å²) in [5.41, 5.74) is 3.52. The van der Waals surface area contributed by atoms with Gasteiger partial charge in [0.05, 0.1) is 17.4 Å². The molecule has 0 spiro atoms. The van der Waals surface area contributed by atoms with E-state index in [2.05, 4.69) is 19.3 Å². The van der Waals surface area contributed by atoms with E-state index in [4.69, 9.17) is 0 Å². The summed E-state index contributed by atoms with van der Waals surface area (Å²) in [4.78, 5) is 26.1. The van der Waals surface area contributed by atoms with Crippen LogP contribution >= 0.6 is 0 Å². The van der Waals surface area contributed by atoms with Crippen molar-refractivity contribution in [2.45, 2.75) is 6.54 Å². The third kappa shape index (κ3) is 3.12. The predicted molar refractivity (Wildman–Crippen MR) is 108 cm³/mol. The van der Waals surface area contributed by atoms with E-state index in [0.29, 0.717) is 18.8 Å². The van der Waals surface area contributed by atoms with Crippen LogP contribution in [0.25, 0.3) is 16.6 Å². The van der Waals surface area contributed by atoms with Gasteiger partial charge in [-0.25, -0.2) is 9.97 Å². The van der Waals surface area contributed by atoms with Gasteiger partial charge >= 0.3 is 0 Å². The lowest BCUT2D eigenvalue weighted by Crippen LogP contribution is -2.48. The fraction of sp³-hybridized carbons (Fsp3) is 0.227. The average Bonchev–Trinajstić information content (AvgIpc) is 3.16. The number of fused-ring (bicyclic) bond motifs is 2. The second-order valence-electron chi connectivity index (χ2n) is 7.14. The highest BCUT2D eigenvalue weighted by Crippen LogP contribution is 2.15. The Balaban J connectivity index is 1.25. The standard InChI is InChI=1S/C22H21N5O/c28-22(20-9-8-17-5-1-2-6-19(17)24-20)26-13-11-25(12-14-26)16-18-15-23-21-7-3-4-10-27(18)21/h1-10,15H,11-14,16H2. The third-order valence-corrected chi connectivity index (χ3v) is 5.36. The van der Waals surface area contributed by atoms with E-state index in [1.807, 2.05) is 71.9 Å². The summed E-state index contributed by atoms with van der Waals surface area (Å²) < 4.78 is 2.12. The van der Waals surface area contributed by atoms with Crippen LogP contribution in [0.2, 0.25) is 0 Å². The summed E-state index contributed by atoms with van der Waals surface area (Å²) in [6.07, 6.45) is 3.98. The van der Waals surface area contributed by atoms with Gasteiger partial charge in [-0.05, 0) is 24.3 Å². The van der Waals surface area contributed by atoms with E-state index in [-0.39, 0.29) is 5.91 Å². The second kappa shape index (κ2) is 7.05. The van der Waals surface area contributed by atoms with Crippen molar-refractivity contribution >= 4 is 22.5 Å². The lowest BCUT2D eigenvalue weighted by Gasteiger charge is -2.34. The minimum Gasteiger partial charge on any atom is -0.335 e. The van der Waals surface area contributed by atoms with Gasteiger partial charge in [-0.1, -0.05) is 30.3 Å². The molecule has 1 amide bonds. The Bertz CT molecular complexity index is 1140. The summed E-state index contributed by atoms with van der Waals surface area (Å²) >= 11 is 0. The smallest absolute Gasteiger partial charge is 0.272 e. The SMILES string of the molecule is O=C(c1ccc2ccccc2n1)N1CCN(Cc2cnc3ccccn23)CC1. The van der Waals surface area contributed by atoms with E-state index in [1.165, 1.54) is 5.69 Å². The number of amides is 1. The lowest BCUT2D eigenvalue weighted by molar-refractivity contribution is 0.0621. The van der Waals surface area contributed by atoms with Crippen LogP contribution in [0.5, 0.6) is 0 Å². The average molecular weight is 371 g/mol. The fourth-order valence-corrected chi connectivity index (χ4v) is 3.79.